The zero-order valence-corrected chi connectivity index (χ0v) is 25.4. The van der Waals surface area contributed by atoms with E-state index in [-0.39, 0.29) is 5.41 Å². The Hall–Kier alpha value is -4.20. The molecule has 4 N–H and O–H groups in total. The Morgan fingerprint density at radius 1 is 1.30 bits per heavy atom. The molecule has 3 heterocycles. The number of aromatic nitrogens is 2. The molecular formula is C32H35ClF2N8. The quantitative estimate of drug-likeness (QED) is 0.194. The summed E-state index contributed by atoms with van der Waals surface area (Å²) in [6.45, 7) is 13.3. The number of nitrogens with zero attached hydrogens (tertiary/aromatic N) is 4. The summed E-state index contributed by atoms with van der Waals surface area (Å²) in [6, 6.07) is 9.04. The Balaban J connectivity index is 1.59. The monoisotopic (exact) mass is 604 g/mol. The van der Waals surface area contributed by atoms with E-state index in [4.69, 9.17) is 11.6 Å². The minimum Gasteiger partial charge on any atom is -0.383 e. The zero-order chi connectivity index (χ0) is 30.9. The number of alkyl halides is 2. The molecule has 1 saturated carbocycles. The average molecular weight is 605 g/mol. The van der Waals surface area contributed by atoms with E-state index in [2.05, 4.69) is 65.0 Å². The lowest BCUT2D eigenvalue weighted by molar-refractivity contribution is 0.00912. The Morgan fingerprint density at radius 3 is 2.72 bits per heavy atom. The van der Waals surface area contributed by atoms with Crippen LogP contribution in [0.2, 0.25) is 5.02 Å². The summed E-state index contributed by atoms with van der Waals surface area (Å²) in [5, 5.41) is 19.3. The molecule has 1 aromatic carbocycles. The van der Waals surface area contributed by atoms with Crippen molar-refractivity contribution in [2.75, 3.05) is 17.2 Å². The smallest absolute Gasteiger partial charge is 0.262 e. The van der Waals surface area contributed by atoms with Crippen LogP contribution >= 0.6 is 11.6 Å². The van der Waals surface area contributed by atoms with E-state index in [1.807, 2.05) is 37.3 Å². The van der Waals surface area contributed by atoms with Crippen LogP contribution in [0.25, 0.3) is 22.6 Å². The van der Waals surface area contributed by atoms with Crippen molar-refractivity contribution in [1.29, 1.82) is 5.26 Å². The van der Waals surface area contributed by atoms with Crippen LogP contribution in [0, 0.1) is 16.7 Å². The molecule has 0 bridgehead atoms. The van der Waals surface area contributed by atoms with Crippen LogP contribution in [-0.4, -0.2) is 39.5 Å². The molecule has 2 aromatic heterocycles. The van der Waals surface area contributed by atoms with Crippen LogP contribution in [0.3, 0.4) is 0 Å². The average Bonchev–Trinajstić information content (AvgIpc) is 3.64. The number of pyridine rings is 2. The number of halogens is 3. The summed E-state index contributed by atoms with van der Waals surface area (Å²) in [6.07, 6.45) is 6.94. The number of rotatable bonds is 10. The first kappa shape index (κ1) is 30.3. The molecule has 3 aromatic rings. The number of hydrazine groups is 2. The van der Waals surface area contributed by atoms with E-state index in [9.17, 15) is 14.0 Å². The highest BCUT2D eigenvalue weighted by molar-refractivity contribution is 6.35. The number of hydrogen-bond donors (Lipinski definition) is 4. The lowest BCUT2D eigenvalue weighted by atomic mass is 9.95. The van der Waals surface area contributed by atoms with Gasteiger partial charge in [0.25, 0.3) is 6.43 Å². The summed E-state index contributed by atoms with van der Waals surface area (Å²) in [7, 11) is 0. The zero-order valence-electron chi connectivity index (χ0n) is 24.6. The highest BCUT2D eigenvalue weighted by Gasteiger charge is 2.56. The minimum atomic E-state index is -2.51. The predicted molar refractivity (Wildman–Crippen MR) is 169 cm³/mol. The SMILES string of the molecule is C=C(c1cccnc1/C=C\C)[C@H](Nc1cc(Cl)c2ncc(C#N)c(NCC(C)(C)C)c2c1)C1=CN(C2(C(F)F)CC2)NN1. The fourth-order valence-corrected chi connectivity index (χ4v) is 5.30. The van der Waals surface area contributed by atoms with Gasteiger partial charge in [-0.2, -0.15) is 5.26 Å². The van der Waals surface area contributed by atoms with Gasteiger partial charge in [-0.15, -0.1) is 5.53 Å². The number of fused-ring (bicyclic) bond motifs is 1. The number of anilines is 2. The number of allylic oxidation sites excluding steroid dienone is 1. The highest BCUT2D eigenvalue weighted by Crippen LogP contribution is 2.47. The summed E-state index contributed by atoms with van der Waals surface area (Å²) in [5.74, 6) is 0. The maximum Gasteiger partial charge on any atom is 0.262 e. The van der Waals surface area contributed by atoms with Crippen molar-refractivity contribution in [3.05, 3.63) is 83.1 Å². The largest absolute Gasteiger partial charge is 0.383 e. The van der Waals surface area contributed by atoms with Gasteiger partial charge < -0.3 is 16.1 Å². The maximum atomic E-state index is 14.0. The van der Waals surface area contributed by atoms with Gasteiger partial charge in [-0.05, 0) is 55.0 Å². The van der Waals surface area contributed by atoms with Crippen molar-refractivity contribution in [2.24, 2.45) is 5.41 Å². The molecule has 0 amide bonds. The lowest BCUT2D eigenvalue weighted by Crippen LogP contribution is -2.48. The minimum absolute atomic E-state index is 0.0458. The van der Waals surface area contributed by atoms with Gasteiger partial charge in [0.15, 0.2) is 0 Å². The molecule has 11 heteroatoms. The normalized spacial score (nSPS) is 16.6. The summed E-state index contributed by atoms with van der Waals surface area (Å²) in [5.41, 5.74) is 9.73. The van der Waals surface area contributed by atoms with Crippen LogP contribution in [0.5, 0.6) is 0 Å². The fraction of sp³-hybridized carbons (Fsp3) is 0.344. The van der Waals surface area contributed by atoms with Gasteiger partial charge in [0.05, 0.1) is 39.2 Å². The molecule has 8 nitrogen and oxygen atoms in total. The van der Waals surface area contributed by atoms with Crippen molar-refractivity contribution in [1.82, 2.24) is 25.9 Å². The van der Waals surface area contributed by atoms with Gasteiger partial charge >= 0.3 is 0 Å². The van der Waals surface area contributed by atoms with Crippen LogP contribution in [-0.2, 0) is 0 Å². The Bertz CT molecular complexity index is 1650. The van der Waals surface area contributed by atoms with Crippen LogP contribution in [0.1, 0.15) is 57.4 Å². The van der Waals surface area contributed by atoms with Gasteiger partial charge in [-0.25, -0.2) is 8.78 Å². The van der Waals surface area contributed by atoms with E-state index < -0.39 is 18.0 Å². The predicted octanol–water partition coefficient (Wildman–Crippen LogP) is 7.10. The van der Waals surface area contributed by atoms with Crippen molar-refractivity contribution in [3.8, 4) is 6.07 Å². The van der Waals surface area contributed by atoms with E-state index in [0.717, 1.165) is 11.3 Å². The fourth-order valence-electron chi connectivity index (χ4n) is 5.03. The first-order valence-electron chi connectivity index (χ1n) is 14.1. The number of nitrogens with one attached hydrogen (secondary N) is 4. The third-order valence-electron chi connectivity index (χ3n) is 7.56. The lowest BCUT2D eigenvalue weighted by Gasteiger charge is -2.25. The number of hydrogen-bond acceptors (Lipinski definition) is 8. The molecular weight excluding hydrogens is 570 g/mol. The van der Waals surface area contributed by atoms with Crippen molar-refractivity contribution in [3.63, 3.8) is 0 Å². The summed E-state index contributed by atoms with van der Waals surface area (Å²) in [4.78, 5) is 8.97. The Kier molecular flexibility index (Phi) is 8.32. The molecule has 0 spiro atoms. The van der Waals surface area contributed by atoms with Gasteiger partial charge in [-0.3, -0.25) is 15.0 Å². The second-order valence-electron chi connectivity index (χ2n) is 12.1. The van der Waals surface area contributed by atoms with E-state index >= 15 is 0 Å². The van der Waals surface area contributed by atoms with Crippen molar-refractivity contribution >= 4 is 45.5 Å². The molecule has 0 radical (unpaired) electrons. The molecule has 1 atom stereocenters. The molecule has 1 aliphatic heterocycles. The Labute approximate surface area is 255 Å². The second kappa shape index (κ2) is 11.8. The number of nitriles is 1. The molecule has 5 rings (SSSR count). The summed E-state index contributed by atoms with van der Waals surface area (Å²) >= 11 is 6.76. The van der Waals surface area contributed by atoms with Gasteiger partial charge in [0.2, 0.25) is 0 Å². The first-order chi connectivity index (χ1) is 20.5. The summed E-state index contributed by atoms with van der Waals surface area (Å²) < 4.78 is 27.9. The van der Waals surface area contributed by atoms with Crippen molar-refractivity contribution in [2.45, 2.75) is 58.5 Å². The van der Waals surface area contributed by atoms with Crippen molar-refractivity contribution < 1.29 is 8.78 Å². The molecule has 224 valence electrons. The maximum absolute atomic E-state index is 14.0. The molecule has 0 unspecified atom stereocenters. The third-order valence-corrected chi connectivity index (χ3v) is 7.85. The highest BCUT2D eigenvalue weighted by atomic mass is 35.5. The van der Waals surface area contributed by atoms with Gasteiger partial charge in [-0.1, -0.05) is 51.1 Å². The van der Waals surface area contributed by atoms with E-state index in [1.165, 1.54) is 11.2 Å². The van der Waals surface area contributed by atoms with Gasteiger partial charge in [0, 0.05) is 41.8 Å². The third kappa shape index (κ3) is 6.14. The van der Waals surface area contributed by atoms with Crippen LogP contribution in [0.4, 0.5) is 20.2 Å². The van der Waals surface area contributed by atoms with Crippen LogP contribution < -0.4 is 21.6 Å². The van der Waals surface area contributed by atoms with Gasteiger partial charge in [0.1, 0.15) is 11.6 Å². The molecule has 2 aliphatic rings. The first-order valence-corrected chi connectivity index (χ1v) is 14.5. The molecule has 43 heavy (non-hydrogen) atoms. The molecule has 0 saturated heterocycles. The van der Waals surface area contributed by atoms with E-state index in [1.54, 1.807) is 18.5 Å². The molecule has 1 fully saturated rings. The number of benzene rings is 1. The van der Waals surface area contributed by atoms with E-state index in [0.29, 0.717) is 63.5 Å². The topological polar surface area (TPSA) is 101 Å². The molecule has 1 aliphatic carbocycles. The Morgan fingerprint density at radius 2 is 2.07 bits per heavy atom. The second-order valence-corrected chi connectivity index (χ2v) is 12.5. The standard InChI is InChI=1S/C32H35ClF2N8/c1-6-8-25-22(9-7-12-37-25)19(2)27(26-17-43(42-41-26)32(10-11-32)30(34)35)40-21-13-23-28(39-18-31(3,4)5)20(15-36)16-38-29(23)24(33)14-21/h6-9,12-14,16-17,27,30,40-42H,2,10-11,18H2,1,3-5H3,(H,38,39)/b8-6-/t27-/m0/s1. The van der Waals surface area contributed by atoms with Crippen LogP contribution in [0.15, 0.2) is 61.2 Å².